The fourth-order valence-corrected chi connectivity index (χ4v) is 1.77. The first-order chi connectivity index (χ1) is 7.15. The van der Waals surface area contributed by atoms with Crippen LogP contribution in [0.3, 0.4) is 0 Å². The molecule has 0 amide bonds. The van der Waals surface area contributed by atoms with Gasteiger partial charge in [-0.1, -0.05) is 12.1 Å². The molecule has 1 atom stereocenters. The van der Waals surface area contributed by atoms with Gasteiger partial charge in [0.1, 0.15) is 5.76 Å². The summed E-state index contributed by atoms with van der Waals surface area (Å²) in [4.78, 5) is 0. The predicted octanol–water partition coefficient (Wildman–Crippen LogP) is 3.16. The SMILES string of the molecule is CNC(C)c1oc2c(F)cccc2c1C. The van der Waals surface area contributed by atoms with Crippen LogP contribution in [-0.4, -0.2) is 7.05 Å². The third kappa shape index (κ3) is 1.53. The van der Waals surface area contributed by atoms with Crippen LogP contribution in [0.2, 0.25) is 0 Å². The molecule has 1 aromatic heterocycles. The van der Waals surface area contributed by atoms with Gasteiger partial charge in [0.15, 0.2) is 11.4 Å². The van der Waals surface area contributed by atoms with E-state index in [4.69, 9.17) is 4.42 Å². The molecule has 0 aliphatic rings. The predicted molar refractivity (Wildman–Crippen MR) is 58.4 cm³/mol. The Morgan fingerprint density at radius 1 is 1.40 bits per heavy atom. The summed E-state index contributed by atoms with van der Waals surface area (Å²) < 4.78 is 19.0. The van der Waals surface area contributed by atoms with Gasteiger partial charge in [-0.25, -0.2) is 4.39 Å². The van der Waals surface area contributed by atoms with E-state index in [0.29, 0.717) is 5.58 Å². The van der Waals surface area contributed by atoms with Crippen molar-refractivity contribution in [3.8, 4) is 0 Å². The van der Waals surface area contributed by atoms with Crippen LogP contribution in [-0.2, 0) is 0 Å². The number of fused-ring (bicyclic) bond motifs is 1. The molecule has 0 bridgehead atoms. The van der Waals surface area contributed by atoms with E-state index in [-0.39, 0.29) is 11.9 Å². The van der Waals surface area contributed by atoms with Crippen LogP contribution in [0.25, 0.3) is 11.0 Å². The Labute approximate surface area is 88.1 Å². The third-order valence-corrected chi connectivity index (χ3v) is 2.78. The minimum absolute atomic E-state index is 0.0943. The minimum atomic E-state index is -0.301. The van der Waals surface area contributed by atoms with Gasteiger partial charge in [0.2, 0.25) is 0 Å². The lowest BCUT2D eigenvalue weighted by Gasteiger charge is -2.06. The van der Waals surface area contributed by atoms with Crippen molar-refractivity contribution in [1.82, 2.24) is 5.32 Å². The summed E-state index contributed by atoms with van der Waals surface area (Å²) in [7, 11) is 1.85. The highest BCUT2D eigenvalue weighted by molar-refractivity contribution is 5.82. The van der Waals surface area contributed by atoms with Gasteiger partial charge in [-0.05, 0) is 27.0 Å². The normalized spacial score (nSPS) is 13.3. The standard InChI is InChI=1S/C12H14FNO/c1-7-9-5-4-6-10(13)12(9)15-11(7)8(2)14-3/h4-6,8,14H,1-3H3. The van der Waals surface area contributed by atoms with Gasteiger partial charge in [-0.2, -0.15) is 0 Å². The molecule has 0 aliphatic carbocycles. The number of benzene rings is 1. The molecular weight excluding hydrogens is 193 g/mol. The van der Waals surface area contributed by atoms with E-state index in [1.807, 2.05) is 27.0 Å². The first kappa shape index (κ1) is 10.2. The van der Waals surface area contributed by atoms with E-state index in [1.165, 1.54) is 6.07 Å². The van der Waals surface area contributed by atoms with E-state index in [9.17, 15) is 4.39 Å². The zero-order valence-electron chi connectivity index (χ0n) is 9.10. The number of halogens is 1. The van der Waals surface area contributed by atoms with Crippen molar-refractivity contribution in [1.29, 1.82) is 0 Å². The van der Waals surface area contributed by atoms with Gasteiger partial charge >= 0.3 is 0 Å². The second-order valence-corrected chi connectivity index (χ2v) is 3.72. The molecule has 2 rings (SSSR count). The average molecular weight is 207 g/mol. The maximum Gasteiger partial charge on any atom is 0.170 e. The molecule has 3 heteroatoms. The summed E-state index contributed by atoms with van der Waals surface area (Å²) in [6.45, 7) is 3.94. The smallest absolute Gasteiger partial charge is 0.170 e. The van der Waals surface area contributed by atoms with Crippen LogP contribution in [0.4, 0.5) is 4.39 Å². The van der Waals surface area contributed by atoms with Crippen LogP contribution >= 0.6 is 0 Å². The number of hydrogen-bond donors (Lipinski definition) is 1. The monoisotopic (exact) mass is 207 g/mol. The highest BCUT2D eigenvalue weighted by Crippen LogP contribution is 2.30. The minimum Gasteiger partial charge on any atom is -0.456 e. The van der Waals surface area contributed by atoms with E-state index in [1.54, 1.807) is 6.07 Å². The van der Waals surface area contributed by atoms with E-state index in [2.05, 4.69) is 5.32 Å². The zero-order chi connectivity index (χ0) is 11.0. The number of furan rings is 1. The van der Waals surface area contributed by atoms with Crippen molar-refractivity contribution in [3.05, 3.63) is 35.3 Å². The molecule has 1 heterocycles. The Morgan fingerprint density at radius 2 is 2.13 bits per heavy atom. The Hall–Kier alpha value is -1.35. The van der Waals surface area contributed by atoms with Crippen molar-refractivity contribution >= 4 is 11.0 Å². The van der Waals surface area contributed by atoms with Crippen molar-refractivity contribution in [2.45, 2.75) is 19.9 Å². The Bertz CT molecular complexity index is 490. The fourth-order valence-electron chi connectivity index (χ4n) is 1.77. The average Bonchev–Trinajstić information content (AvgIpc) is 2.57. The summed E-state index contributed by atoms with van der Waals surface area (Å²) in [5, 5.41) is 3.94. The molecule has 2 nitrogen and oxygen atoms in total. The molecule has 0 radical (unpaired) electrons. The van der Waals surface area contributed by atoms with Crippen molar-refractivity contribution < 1.29 is 8.81 Å². The van der Waals surface area contributed by atoms with E-state index < -0.39 is 0 Å². The van der Waals surface area contributed by atoms with E-state index >= 15 is 0 Å². The molecular formula is C12H14FNO. The Morgan fingerprint density at radius 3 is 2.73 bits per heavy atom. The molecule has 0 saturated carbocycles. The third-order valence-electron chi connectivity index (χ3n) is 2.78. The molecule has 0 spiro atoms. The maximum absolute atomic E-state index is 13.4. The summed E-state index contributed by atoms with van der Waals surface area (Å²) in [5.41, 5.74) is 1.36. The highest BCUT2D eigenvalue weighted by atomic mass is 19.1. The zero-order valence-corrected chi connectivity index (χ0v) is 9.10. The number of hydrogen-bond acceptors (Lipinski definition) is 2. The first-order valence-corrected chi connectivity index (χ1v) is 5.00. The van der Waals surface area contributed by atoms with Crippen LogP contribution in [0, 0.1) is 12.7 Å². The Kier molecular flexibility index (Phi) is 2.49. The highest BCUT2D eigenvalue weighted by Gasteiger charge is 2.16. The lowest BCUT2D eigenvalue weighted by Crippen LogP contribution is -2.12. The van der Waals surface area contributed by atoms with Gasteiger partial charge in [0, 0.05) is 10.9 Å². The van der Waals surface area contributed by atoms with Gasteiger partial charge in [-0.3, -0.25) is 0 Å². The molecule has 0 saturated heterocycles. The van der Waals surface area contributed by atoms with Crippen LogP contribution in [0.15, 0.2) is 22.6 Å². The molecule has 1 N–H and O–H groups in total. The van der Waals surface area contributed by atoms with Crippen molar-refractivity contribution in [3.63, 3.8) is 0 Å². The number of para-hydroxylation sites is 1. The maximum atomic E-state index is 13.4. The summed E-state index contributed by atoms with van der Waals surface area (Å²) in [5.74, 6) is 0.503. The lowest BCUT2D eigenvalue weighted by atomic mass is 10.1. The van der Waals surface area contributed by atoms with Gasteiger partial charge in [0.25, 0.3) is 0 Å². The van der Waals surface area contributed by atoms with Crippen molar-refractivity contribution in [2.24, 2.45) is 0 Å². The summed E-state index contributed by atoms with van der Waals surface area (Å²) in [6.07, 6.45) is 0. The van der Waals surface area contributed by atoms with Crippen LogP contribution in [0.1, 0.15) is 24.3 Å². The first-order valence-electron chi connectivity index (χ1n) is 5.00. The van der Waals surface area contributed by atoms with Crippen molar-refractivity contribution in [2.75, 3.05) is 7.05 Å². The summed E-state index contributed by atoms with van der Waals surface area (Å²) in [6, 6.07) is 5.09. The molecule has 80 valence electrons. The number of nitrogens with one attached hydrogen (secondary N) is 1. The van der Waals surface area contributed by atoms with E-state index in [0.717, 1.165) is 16.7 Å². The molecule has 0 fully saturated rings. The quantitative estimate of drug-likeness (QED) is 0.818. The Balaban J connectivity index is 2.69. The number of aryl methyl sites for hydroxylation is 1. The van der Waals surface area contributed by atoms with Gasteiger partial charge in [-0.15, -0.1) is 0 Å². The largest absolute Gasteiger partial charge is 0.456 e. The van der Waals surface area contributed by atoms with Gasteiger partial charge in [0.05, 0.1) is 6.04 Å². The lowest BCUT2D eigenvalue weighted by molar-refractivity contribution is 0.459. The second kappa shape index (κ2) is 3.66. The molecule has 1 unspecified atom stereocenters. The molecule has 2 aromatic rings. The second-order valence-electron chi connectivity index (χ2n) is 3.72. The topological polar surface area (TPSA) is 25.2 Å². The van der Waals surface area contributed by atoms with Crippen LogP contribution < -0.4 is 5.32 Å². The molecule has 0 aliphatic heterocycles. The molecule has 1 aromatic carbocycles. The number of rotatable bonds is 2. The molecule has 15 heavy (non-hydrogen) atoms. The van der Waals surface area contributed by atoms with Crippen LogP contribution in [0.5, 0.6) is 0 Å². The fraction of sp³-hybridized carbons (Fsp3) is 0.333. The van der Waals surface area contributed by atoms with Gasteiger partial charge < -0.3 is 9.73 Å². The summed E-state index contributed by atoms with van der Waals surface area (Å²) >= 11 is 0.